The maximum atomic E-state index is 11.4. The van der Waals surface area contributed by atoms with Crippen LogP contribution in [0.2, 0.25) is 0 Å². The van der Waals surface area contributed by atoms with Crippen LogP contribution in [-0.4, -0.2) is 23.2 Å². The Labute approximate surface area is 85.9 Å². The highest BCUT2D eigenvalue weighted by atomic mass is 16.3. The average Bonchev–Trinajstić information content (AvgIpc) is 2.47. The van der Waals surface area contributed by atoms with Gasteiger partial charge in [-0.25, -0.2) is 0 Å². The minimum absolute atomic E-state index is 0.251. The molecular formula is C11H21NO2. The van der Waals surface area contributed by atoms with Crippen LogP contribution in [0.5, 0.6) is 0 Å². The zero-order valence-corrected chi connectivity index (χ0v) is 9.39. The van der Waals surface area contributed by atoms with E-state index in [0.717, 1.165) is 0 Å². The lowest BCUT2D eigenvalue weighted by molar-refractivity contribution is -0.136. The van der Waals surface area contributed by atoms with Crippen LogP contribution in [0.3, 0.4) is 0 Å². The fraction of sp³-hybridized carbons (Fsp3) is 0.909. The Hall–Kier alpha value is -0.570. The molecule has 2 N–H and O–H groups in total. The molecule has 82 valence electrons. The third kappa shape index (κ3) is 2.98. The Kier molecular flexibility index (Phi) is 3.20. The summed E-state index contributed by atoms with van der Waals surface area (Å²) in [4.78, 5) is 11.4. The van der Waals surface area contributed by atoms with Crippen molar-refractivity contribution in [3.63, 3.8) is 0 Å². The second kappa shape index (κ2) is 3.89. The van der Waals surface area contributed by atoms with Gasteiger partial charge in [-0.15, -0.1) is 0 Å². The summed E-state index contributed by atoms with van der Waals surface area (Å²) in [6.07, 6.45) is 4.88. The van der Waals surface area contributed by atoms with Gasteiger partial charge in [-0.1, -0.05) is 19.8 Å². The SMILES string of the molecule is CC1(CNC(=O)C(C)(C)O)CCCC1. The summed E-state index contributed by atoms with van der Waals surface area (Å²) in [6, 6.07) is 0. The molecule has 0 saturated heterocycles. The van der Waals surface area contributed by atoms with Gasteiger partial charge in [0, 0.05) is 6.54 Å². The Morgan fingerprint density at radius 3 is 2.36 bits per heavy atom. The number of carbonyl (C=O) groups is 1. The van der Waals surface area contributed by atoms with Crippen LogP contribution >= 0.6 is 0 Å². The first-order valence-corrected chi connectivity index (χ1v) is 5.34. The van der Waals surface area contributed by atoms with Gasteiger partial charge in [0.25, 0.3) is 5.91 Å². The normalized spacial score (nSPS) is 20.9. The van der Waals surface area contributed by atoms with Gasteiger partial charge in [-0.3, -0.25) is 4.79 Å². The number of hydrogen-bond acceptors (Lipinski definition) is 2. The molecule has 0 bridgehead atoms. The molecule has 3 heteroatoms. The minimum atomic E-state index is -1.25. The van der Waals surface area contributed by atoms with E-state index in [0.29, 0.717) is 6.54 Å². The molecule has 0 aromatic heterocycles. The summed E-state index contributed by atoms with van der Waals surface area (Å²) in [5.74, 6) is -0.273. The topological polar surface area (TPSA) is 49.3 Å². The summed E-state index contributed by atoms with van der Waals surface area (Å²) >= 11 is 0. The Morgan fingerprint density at radius 2 is 1.93 bits per heavy atom. The smallest absolute Gasteiger partial charge is 0.251 e. The summed E-state index contributed by atoms with van der Waals surface area (Å²) in [6.45, 7) is 5.92. The standard InChI is InChI=1S/C11H21NO2/c1-10(2,14)9(13)12-8-11(3)6-4-5-7-11/h14H,4-8H2,1-3H3,(H,12,13). The summed E-state index contributed by atoms with van der Waals surface area (Å²) in [5, 5.41) is 12.2. The summed E-state index contributed by atoms with van der Waals surface area (Å²) < 4.78 is 0. The molecule has 0 unspecified atom stereocenters. The quantitative estimate of drug-likeness (QED) is 0.723. The van der Waals surface area contributed by atoms with E-state index in [1.54, 1.807) is 0 Å². The third-order valence-corrected chi connectivity index (χ3v) is 3.04. The van der Waals surface area contributed by atoms with Crippen molar-refractivity contribution < 1.29 is 9.90 Å². The van der Waals surface area contributed by atoms with Crippen LogP contribution in [0.4, 0.5) is 0 Å². The molecule has 0 heterocycles. The highest BCUT2D eigenvalue weighted by molar-refractivity contribution is 5.83. The molecule has 1 amide bonds. The molecule has 0 aromatic carbocycles. The van der Waals surface area contributed by atoms with Crippen molar-refractivity contribution in [3.05, 3.63) is 0 Å². The monoisotopic (exact) mass is 199 g/mol. The van der Waals surface area contributed by atoms with Gasteiger partial charge in [-0.2, -0.15) is 0 Å². The van der Waals surface area contributed by atoms with Gasteiger partial charge >= 0.3 is 0 Å². The maximum Gasteiger partial charge on any atom is 0.251 e. The van der Waals surface area contributed by atoms with Crippen LogP contribution < -0.4 is 5.32 Å². The molecule has 14 heavy (non-hydrogen) atoms. The maximum absolute atomic E-state index is 11.4. The molecule has 0 atom stereocenters. The van der Waals surface area contributed by atoms with Crippen LogP contribution in [0.15, 0.2) is 0 Å². The van der Waals surface area contributed by atoms with Crippen molar-refractivity contribution in [2.75, 3.05) is 6.54 Å². The van der Waals surface area contributed by atoms with Crippen molar-refractivity contribution in [3.8, 4) is 0 Å². The van der Waals surface area contributed by atoms with Crippen molar-refractivity contribution >= 4 is 5.91 Å². The number of carbonyl (C=O) groups excluding carboxylic acids is 1. The number of nitrogens with one attached hydrogen (secondary N) is 1. The van der Waals surface area contributed by atoms with E-state index in [4.69, 9.17) is 0 Å². The first-order valence-electron chi connectivity index (χ1n) is 5.34. The highest BCUT2D eigenvalue weighted by Crippen LogP contribution is 2.36. The summed E-state index contributed by atoms with van der Waals surface area (Å²) in [7, 11) is 0. The molecule has 1 fully saturated rings. The van der Waals surface area contributed by atoms with Crippen LogP contribution in [0.1, 0.15) is 46.5 Å². The van der Waals surface area contributed by atoms with Gasteiger partial charge in [0.15, 0.2) is 0 Å². The molecule has 0 radical (unpaired) electrons. The second-order valence-corrected chi connectivity index (χ2v) is 5.26. The van der Waals surface area contributed by atoms with Gasteiger partial charge in [0.05, 0.1) is 0 Å². The molecule has 1 aliphatic rings. The molecule has 1 saturated carbocycles. The molecular weight excluding hydrogens is 178 g/mol. The molecule has 0 aliphatic heterocycles. The first-order chi connectivity index (χ1) is 6.33. The van der Waals surface area contributed by atoms with Crippen molar-refractivity contribution in [2.24, 2.45) is 5.41 Å². The zero-order valence-electron chi connectivity index (χ0n) is 9.39. The predicted molar refractivity (Wildman–Crippen MR) is 55.9 cm³/mol. The third-order valence-electron chi connectivity index (χ3n) is 3.04. The van der Waals surface area contributed by atoms with Gasteiger partial charge in [0.1, 0.15) is 5.60 Å². The molecule has 3 nitrogen and oxygen atoms in total. The van der Waals surface area contributed by atoms with E-state index in [1.165, 1.54) is 39.5 Å². The van der Waals surface area contributed by atoms with E-state index in [-0.39, 0.29) is 11.3 Å². The van der Waals surface area contributed by atoms with E-state index < -0.39 is 5.60 Å². The lowest BCUT2D eigenvalue weighted by Gasteiger charge is -2.26. The predicted octanol–water partition coefficient (Wildman–Crippen LogP) is 1.45. The average molecular weight is 199 g/mol. The molecule has 0 aromatic rings. The Bertz CT molecular complexity index is 212. The first kappa shape index (κ1) is 11.5. The molecule has 0 spiro atoms. The van der Waals surface area contributed by atoms with Gasteiger partial charge in [0.2, 0.25) is 0 Å². The molecule has 1 aliphatic carbocycles. The van der Waals surface area contributed by atoms with Crippen LogP contribution in [-0.2, 0) is 4.79 Å². The fourth-order valence-electron chi connectivity index (χ4n) is 1.92. The van der Waals surface area contributed by atoms with Crippen molar-refractivity contribution in [2.45, 2.75) is 52.1 Å². The van der Waals surface area contributed by atoms with E-state index in [2.05, 4.69) is 12.2 Å². The largest absolute Gasteiger partial charge is 0.381 e. The van der Waals surface area contributed by atoms with Crippen LogP contribution in [0.25, 0.3) is 0 Å². The second-order valence-electron chi connectivity index (χ2n) is 5.26. The van der Waals surface area contributed by atoms with E-state index >= 15 is 0 Å². The number of rotatable bonds is 3. The van der Waals surface area contributed by atoms with Crippen molar-refractivity contribution in [1.29, 1.82) is 0 Å². The Balaban J connectivity index is 2.37. The van der Waals surface area contributed by atoms with E-state index in [9.17, 15) is 9.90 Å². The number of hydrogen-bond donors (Lipinski definition) is 2. The number of aliphatic hydroxyl groups is 1. The minimum Gasteiger partial charge on any atom is -0.381 e. The lowest BCUT2D eigenvalue weighted by Crippen LogP contribution is -2.45. The van der Waals surface area contributed by atoms with Crippen LogP contribution in [0, 0.1) is 5.41 Å². The van der Waals surface area contributed by atoms with Gasteiger partial charge < -0.3 is 10.4 Å². The number of amides is 1. The highest BCUT2D eigenvalue weighted by Gasteiger charge is 2.31. The van der Waals surface area contributed by atoms with Crippen molar-refractivity contribution in [1.82, 2.24) is 5.32 Å². The van der Waals surface area contributed by atoms with E-state index in [1.807, 2.05) is 0 Å². The molecule has 1 rings (SSSR count). The Morgan fingerprint density at radius 1 is 1.43 bits per heavy atom. The lowest BCUT2D eigenvalue weighted by atomic mass is 9.88. The zero-order chi connectivity index (χ0) is 10.8. The van der Waals surface area contributed by atoms with Gasteiger partial charge in [-0.05, 0) is 32.1 Å². The summed E-state index contributed by atoms with van der Waals surface area (Å²) in [5.41, 5.74) is -1.00. The fourth-order valence-corrected chi connectivity index (χ4v) is 1.92.